The van der Waals surface area contributed by atoms with Gasteiger partial charge in [0.25, 0.3) is 0 Å². The molecule has 0 amide bonds. The van der Waals surface area contributed by atoms with Gasteiger partial charge < -0.3 is 9.32 Å². The van der Waals surface area contributed by atoms with Gasteiger partial charge in [0.15, 0.2) is 0 Å². The average Bonchev–Trinajstić information content (AvgIpc) is 3.46. The second-order valence-electron chi connectivity index (χ2n) is 10.6. The van der Waals surface area contributed by atoms with E-state index in [-0.39, 0.29) is 0 Å². The monoisotopic (exact) mass is 537 g/mol. The van der Waals surface area contributed by atoms with E-state index in [0.29, 0.717) is 0 Å². The maximum Gasteiger partial charge on any atom is 0.143 e. The molecule has 0 spiro atoms. The largest absolute Gasteiger partial charge is 0.455 e. The zero-order chi connectivity index (χ0) is 27.9. The number of para-hydroxylation sites is 1. The summed E-state index contributed by atoms with van der Waals surface area (Å²) in [6, 6.07) is 57.9. The highest BCUT2D eigenvalue weighted by molar-refractivity contribution is 6.19. The fourth-order valence-electron chi connectivity index (χ4n) is 6.06. The lowest BCUT2D eigenvalue weighted by Crippen LogP contribution is -2.09. The van der Waals surface area contributed by atoms with E-state index in [1.54, 1.807) is 0 Å². The van der Waals surface area contributed by atoms with Crippen LogP contribution in [0.5, 0.6) is 0 Å². The van der Waals surface area contributed by atoms with Crippen molar-refractivity contribution in [3.05, 3.63) is 164 Å². The van der Waals surface area contributed by atoms with Crippen LogP contribution in [0.3, 0.4) is 0 Å². The molecule has 0 aliphatic rings. The maximum atomic E-state index is 6.44. The quantitative estimate of drug-likeness (QED) is 0.217. The lowest BCUT2D eigenvalue weighted by molar-refractivity contribution is 0.673. The van der Waals surface area contributed by atoms with E-state index in [4.69, 9.17) is 4.42 Å². The third-order valence-electron chi connectivity index (χ3n) is 8.05. The van der Waals surface area contributed by atoms with Crippen LogP contribution in [-0.4, -0.2) is 0 Å². The first-order valence-corrected chi connectivity index (χ1v) is 14.3. The van der Waals surface area contributed by atoms with Gasteiger partial charge in [-0.05, 0) is 76.2 Å². The fourth-order valence-corrected chi connectivity index (χ4v) is 6.06. The standard InChI is InChI=1S/C40H27NO/c1-3-11-28(12-4-1)31-14-9-17-34(27-31)41(32-15-5-2-6-16-32)33-24-21-30(22-25-33)35-19-10-20-38-39(35)37-26-23-29-13-7-8-18-36(29)40(37)42-38/h1-27H. The van der Waals surface area contributed by atoms with Crippen molar-refractivity contribution < 1.29 is 4.42 Å². The van der Waals surface area contributed by atoms with Crippen molar-refractivity contribution in [1.82, 2.24) is 0 Å². The number of anilines is 3. The van der Waals surface area contributed by atoms with Crippen molar-refractivity contribution in [1.29, 1.82) is 0 Å². The van der Waals surface area contributed by atoms with Crippen molar-refractivity contribution >= 4 is 49.8 Å². The molecule has 8 aromatic rings. The Labute approximate surface area is 244 Å². The molecule has 0 fully saturated rings. The van der Waals surface area contributed by atoms with Gasteiger partial charge in [-0.3, -0.25) is 0 Å². The van der Waals surface area contributed by atoms with Crippen molar-refractivity contribution in [2.75, 3.05) is 4.90 Å². The minimum atomic E-state index is 0.909. The van der Waals surface area contributed by atoms with Crippen molar-refractivity contribution in [3.63, 3.8) is 0 Å². The number of hydrogen-bond donors (Lipinski definition) is 0. The molecule has 0 aliphatic heterocycles. The average molecular weight is 538 g/mol. The molecule has 7 aromatic carbocycles. The molecule has 0 saturated heterocycles. The number of benzene rings is 7. The molecule has 42 heavy (non-hydrogen) atoms. The van der Waals surface area contributed by atoms with E-state index < -0.39 is 0 Å². The summed E-state index contributed by atoms with van der Waals surface area (Å²) in [5.74, 6) is 0. The number of furan rings is 1. The fraction of sp³-hybridized carbons (Fsp3) is 0. The predicted molar refractivity (Wildman–Crippen MR) is 177 cm³/mol. The summed E-state index contributed by atoms with van der Waals surface area (Å²) in [6.45, 7) is 0. The molecule has 8 rings (SSSR count). The summed E-state index contributed by atoms with van der Waals surface area (Å²) in [7, 11) is 0. The Morgan fingerprint density at radius 2 is 1.07 bits per heavy atom. The van der Waals surface area contributed by atoms with Crippen LogP contribution >= 0.6 is 0 Å². The van der Waals surface area contributed by atoms with E-state index in [1.807, 2.05) is 0 Å². The molecule has 0 N–H and O–H groups in total. The van der Waals surface area contributed by atoms with E-state index in [0.717, 1.165) is 50.0 Å². The Bertz CT molecular complexity index is 2180. The van der Waals surface area contributed by atoms with Gasteiger partial charge in [0.1, 0.15) is 11.2 Å². The van der Waals surface area contributed by atoms with Crippen LogP contribution in [0.2, 0.25) is 0 Å². The van der Waals surface area contributed by atoms with Gasteiger partial charge >= 0.3 is 0 Å². The van der Waals surface area contributed by atoms with Crippen molar-refractivity contribution in [2.45, 2.75) is 0 Å². The summed E-state index contributed by atoms with van der Waals surface area (Å²) in [5.41, 5.74) is 9.91. The molecule has 0 saturated carbocycles. The Kier molecular flexibility index (Phi) is 5.82. The van der Waals surface area contributed by atoms with Gasteiger partial charge in [0.2, 0.25) is 0 Å². The Balaban J connectivity index is 1.24. The predicted octanol–water partition coefficient (Wildman–Crippen LogP) is 11.5. The molecule has 198 valence electrons. The molecule has 0 atom stereocenters. The lowest BCUT2D eigenvalue weighted by atomic mass is 9.98. The second kappa shape index (κ2) is 10.1. The summed E-state index contributed by atoms with van der Waals surface area (Å²) in [5, 5.41) is 4.63. The lowest BCUT2D eigenvalue weighted by Gasteiger charge is -2.26. The SMILES string of the molecule is c1ccc(-c2cccc(N(c3ccccc3)c3ccc(-c4cccc5oc6c7ccccc7ccc6c45)cc3)c2)cc1. The summed E-state index contributed by atoms with van der Waals surface area (Å²) >= 11 is 0. The molecule has 1 aromatic heterocycles. The highest BCUT2D eigenvalue weighted by Gasteiger charge is 2.16. The zero-order valence-corrected chi connectivity index (χ0v) is 22.9. The molecule has 0 unspecified atom stereocenters. The highest BCUT2D eigenvalue weighted by Crippen LogP contribution is 2.41. The van der Waals surface area contributed by atoms with Crippen LogP contribution in [0.25, 0.3) is 55.0 Å². The Morgan fingerprint density at radius 1 is 0.405 bits per heavy atom. The van der Waals surface area contributed by atoms with Crippen LogP contribution in [0.15, 0.2) is 168 Å². The van der Waals surface area contributed by atoms with Crippen LogP contribution in [0, 0.1) is 0 Å². The van der Waals surface area contributed by atoms with Crippen LogP contribution in [0.4, 0.5) is 17.1 Å². The van der Waals surface area contributed by atoms with Gasteiger partial charge in [0.05, 0.1) is 0 Å². The first-order valence-electron chi connectivity index (χ1n) is 14.3. The molecule has 2 heteroatoms. The number of fused-ring (bicyclic) bond motifs is 5. The van der Waals surface area contributed by atoms with E-state index in [1.165, 1.54) is 22.1 Å². The van der Waals surface area contributed by atoms with E-state index in [9.17, 15) is 0 Å². The topological polar surface area (TPSA) is 16.4 Å². The first-order chi connectivity index (χ1) is 20.8. The second-order valence-corrected chi connectivity index (χ2v) is 10.6. The van der Waals surface area contributed by atoms with E-state index >= 15 is 0 Å². The Morgan fingerprint density at radius 3 is 1.90 bits per heavy atom. The van der Waals surface area contributed by atoms with Gasteiger partial charge in [0, 0.05) is 33.2 Å². The van der Waals surface area contributed by atoms with Gasteiger partial charge in [-0.25, -0.2) is 0 Å². The number of nitrogens with zero attached hydrogens (tertiary/aromatic N) is 1. The molecule has 2 nitrogen and oxygen atoms in total. The molecular formula is C40H27NO. The molecule has 0 radical (unpaired) electrons. The normalized spacial score (nSPS) is 11.3. The minimum absolute atomic E-state index is 0.909. The summed E-state index contributed by atoms with van der Waals surface area (Å²) < 4.78 is 6.44. The van der Waals surface area contributed by atoms with Gasteiger partial charge in [-0.15, -0.1) is 0 Å². The minimum Gasteiger partial charge on any atom is -0.455 e. The molecule has 0 bridgehead atoms. The van der Waals surface area contributed by atoms with Crippen LogP contribution < -0.4 is 4.90 Å². The van der Waals surface area contributed by atoms with Crippen LogP contribution in [0.1, 0.15) is 0 Å². The number of rotatable bonds is 5. The van der Waals surface area contributed by atoms with Gasteiger partial charge in [-0.1, -0.05) is 115 Å². The summed E-state index contributed by atoms with van der Waals surface area (Å²) in [4.78, 5) is 2.32. The molecule has 1 heterocycles. The smallest absolute Gasteiger partial charge is 0.143 e. The van der Waals surface area contributed by atoms with Crippen LogP contribution in [-0.2, 0) is 0 Å². The third kappa shape index (κ3) is 4.13. The molecule has 0 aliphatic carbocycles. The maximum absolute atomic E-state index is 6.44. The molecular weight excluding hydrogens is 510 g/mol. The van der Waals surface area contributed by atoms with Crippen molar-refractivity contribution in [3.8, 4) is 22.3 Å². The van der Waals surface area contributed by atoms with Crippen molar-refractivity contribution in [2.24, 2.45) is 0 Å². The highest BCUT2D eigenvalue weighted by atomic mass is 16.3. The third-order valence-corrected chi connectivity index (χ3v) is 8.05. The summed E-state index contributed by atoms with van der Waals surface area (Å²) in [6.07, 6.45) is 0. The zero-order valence-electron chi connectivity index (χ0n) is 22.9. The van der Waals surface area contributed by atoms with Gasteiger partial charge in [-0.2, -0.15) is 0 Å². The number of hydrogen-bond acceptors (Lipinski definition) is 2. The first kappa shape index (κ1) is 24.2. The van der Waals surface area contributed by atoms with E-state index in [2.05, 4.69) is 169 Å². The Hall–Kier alpha value is -5.60.